The first-order valence-corrected chi connectivity index (χ1v) is 18.2. The summed E-state index contributed by atoms with van der Waals surface area (Å²) in [5, 5.41) is 0. The molecule has 0 rings (SSSR count). The van der Waals surface area contributed by atoms with Crippen LogP contribution in [0.5, 0.6) is 0 Å². The first-order valence-electron chi connectivity index (χ1n) is 18.2. The Bertz CT molecular complexity index is 559. The van der Waals surface area contributed by atoms with Crippen molar-refractivity contribution < 1.29 is 19.1 Å². The first kappa shape index (κ1) is 39.7. The Hall–Kier alpha value is -1.32. The number of carbonyl (C=O) groups excluding carboxylic acids is 2. The third-order valence-corrected chi connectivity index (χ3v) is 8.24. The second-order valence-electron chi connectivity index (χ2n) is 12.3. The molecule has 0 unspecified atom stereocenters. The van der Waals surface area contributed by atoms with E-state index in [1.165, 1.54) is 167 Å². The number of unbranched alkanes of at least 4 members (excludes halogenated alkanes) is 27. The monoisotopic (exact) mass is 579 g/mol. The van der Waals surface area contributed by atoms with E-state index in [2.05, 4.69) is 13.5 Å². The molecule has 0 aliphatic heterocycles. The van der Waals surface area contributed by atoms with E-state index in [4.69, 9.17) is 9.47 Å². The second kappa shape index (κ2) is 34.9. The lowest BCUT2D eigenvalue weighted by atomic mass is 10.0. The molecule has 0 heterocycles. The molecule has 0 fully saturated rings. The van der Waals surface area contributed by atoms with Crippen LogP contribution in [0.2, 0.25) is 0 Å². The molecule has 0 aromatic heterocycles. The molecule has 0 atom stereocenters. The van der Waals surface area contributed by atoms with Crippen molar-refractivity contribution in [3.63, 3.8) is 0 Å². The van der Waals surface area contributed by atoms with Gasteiger partial charge < -0.3 is 9.47 Å². The molecule has 0 aliphatic carbocycles. The highest BCUT2D eigenvalue weighted by molar-refractivity contribution is 5.69. The molecule has 242 valence electrons. The van der Waals surface area contributed by atoms with Crippen LogP contribution in [0.15, 0.2) is 12.8 Å². The molecule has 0 aromatic rings. The van der Waals surface area contributed by atoms with Gasteiger partial charge in [-0.3, -0.25) is 9.59 Å². The molecule has 41 heavy (non-hydrogen) atoms. The van der Waals surface area contributed by atoms with Gasteiger partial charge in [-0.1, -0.05) is 180 Å². The summed E-state index contributed by atoms with van der Waals surface area (Å²) in [7, 11) is 0. The van der Waals surface area contributed by atoms with Gasteiger partial charge in [0.1, 0.15) is 0 Å². The van der Waals surface area contributed by atoms with Crippen LogP contribution in [0.25, 0.3) is 0 Å². The highest BCUT2D eigenvalue weighted by Crippen LogP contribution is 2.15. The van der Waals surface area contributed by atoms with Gasteiger partial charge in [0, 0.05) is 12.8 Å². The molecule has 0 spiro atoms. The van der Waals surface area contributed by atoms with Gasteiger partial charge in [-0.15, -0.1) is 0 Å². The van der Waals surface area contributed by atoms with Crippen molar-refractivity contribution in [2.24, 2.45) is 0 Å². The van der Waals surface area contributed by atoms with Gasteiger partial charge in [0.2, 0.25) is 0 Å². The van der Waals surface area contributed by atoms with Gasteiger partial charge in [-0.05, 0) is 19.3 Å². The van der Waals surface area contributed by atoms with Gasteiger partial charge in [0.05, 0.1) is 12.9 Å². The SMILES string of the molecule is C=COC(=O)CCCCCCCCCCCCCCCCCCOC(=O)CCCCCCCCCCCCCCC. The molecule has 4 heteroatoms. The van der Waals surface area contributed by atoms with Crippen molar-refractivity contribution in [2.75, 3.05) is 6.61 Å². The van der Waals surface area contributed by atoms with Crippen molar-refractivity contribution in [1.29, 1.82) is 0 Å². The minimum Gasteiger partial charge on any atom is -0.466 e. The maximum atomic E-state index is 11.9. The lowest BCUT2D eigenvalue weighted by molar-refractivity contribution is -0.144. The van der Waals surface area contributed by atoms with E-state index in [0.29, 0.717) is 19.4 Å². The number of esters is 2. The Morgan fingerprint density at radius 3 is 1.07 bits per heavy atom. The molecule has 0 bridgehead atoms. The zero-order chi connectivity index (χ0) is 29.9. The van der Waals surface area contributed by atoms with E-state index in [-0.39, 0.29) is 11.9 Å². The summed E-state index contributed by atoms with van der Waals surface area (Å²) < 4.78 is 10.2. The average Bonchev–Trinajstić information content (AvgIpc) is 2.96. The minimum atomic E-state index is -0.159. The van der Waals surface area contributed by atoms with Gasteiger partial charge in [0.15, 0.2) is 0 Å². The fourth-order valence-electron chi connectivity index (χ4n) is 5.54. The highest BCUT2D eigenvalue weighted by Gasteiger charge is 2.03. The highest BCUT2D eigenvalue weighted by atomic mass is 16.5. The fourth-order valence-corrected chi connectivity index (χ4v) is 5.54. The molecule has 0 saturated carbocycles. The van der Waals surface area contributed by atoms with Gasteiger partial charge in [-0.25, -0.2) is 0 Å². The largest absolute Gasteiger partial charge is 0.466 e. The molecular formula is C37H70O4. The number of carbonyl (C=O) groups is 2. The quantitative estimate of drug-likeness (QED) is 0.0433. The van der Waals surface area contributed by atoms with Crippen LogP contribution in [-0.2, 0) is 19.1 Å². The van der Waals surface area contributed by atoms with E-state index in [1.807, 2.05) is 0 Å². The second-order valence-corrected chi connectivity index (χ2v) is 12.3. The van der Waals surface area contributed by atoms with Crippen LogP contribution in [0.4, 0.5) is 0 Å². The third kappa shape index (κ3) is 34.8. The summed E-state index contributed by atoms with van der Waals surface area (Å²) in [6, 6.07) is 0. The molecule has 0 aromatic carbocycles. The Labute approximate surface area is 256 Å². The van der Waals surface area contributed by atoms with Crippen molar-refractivity contribution >= 4 is 11.9 Å². The lowest BCUT2D eigenvalue weighted by Gasteiger charge is -2.06. The minimum absolute atomic E-state index is 0.0104. The van der Waals surface area contributed by atoms with Crippen LogP contribution < -0.4 is 0 Å². The van der Waals surface area contributed by atoms with Crippen molar-refractivity contribution in [3.8, 4) is 0 Å². The molecule has 0 saturated heterocycles. The van der Waals surface area contributed by atoms with E-state index in [1.54, 1.807) is 0 Å². The van der Waals surface area contributed by atoms with Gasteiger partial charge in [-0.2, -0.15) is 0 Å². The number of ether oxygens (including phenoxy) is 2. The maximum Gasteiger partial charge on any atom is 0.310 e. The maximum absolute atomic E-state index is 11.9. The van der Waals surface area contributed by atoms with Gasteiger partial charge >= 0.3 is 11.9 Å². The predicted molar refractivity (Wildman–Crippen MR) is 176 cm³/mol. The summed E-state index contributed by atoms with van der Waals surface area (Å²) in [5.41, 5.74) is 0. The first-order chi connectivity index (χ1) is 20.2. The Morgan fingerprint density at radius 1 is 0.439 bits per heavy atom. The Balaban J connectivity index is 3.16. The standard InChI is InChI=1S/C37H70O4/c1-3-5-6-7-8-9-10-15-18-22-25-28-31-34-37(39)41-35-32-29-26-23-20-17-14-12-11-13-16-19-21-24-27-30-33-36(38)40-4-2/h4H,2-3,5-35H2,1H3. The summed E-state index contributed by atoms with van der Waals surface area (Å²) >= 11 is 0. The summed E-state index contributed by atoms with van der Waals surface area (Å²) in [6.45, 7) is 6.29. The van der Waals surface area contributed by atoms with Crippen LogP contribution >= 0.6 is 0 Å². The molecule has 4 nitrogen and oxygen atoms in total. The Morgan fingerprint density at radius 2 is 0.732 bits per heavy atom. The van der Waals surface area contributed by atoms with Crippen molar-refractivity contribution in [3.05, 3.63) is 12.8 Å². The number of rotatable bonds is 34. The number of hydrogen-bond acceptors (Lipinski definition) is 4. The molecule has 0 N–H and O–H groups in total. The molecule has 0 radical (unpaired) electrons. The van der Waals surface area contributed by atoms with Crippen molar-refractivity contribution in [1.82, 2.24) is 0 Å². The van der Waals surface area contributed by atoms with Crippen LogP contribution in [-0.4, -0.2) is 18.5 Å². The average molecular weight is 579 g/mol. The number of hydrogen-bond donors (Lipinski definition) is 0. The fraction of sp³-hybridized carbons (Fsp3) is 0.892. The normalized spacial score (nSPS) is 11.0. The van der Waals surface area contributed by atoms with E-state index >= 15 is 0 Å². The summed E-state index contributed by atoms with van der Waals surface area (Å²) in [4.78, 5) is 23.1. The summed E-state index contributed by atoms with van der Waals surface area (Å²) in [5.74, 6) is -0.149. The topological polar surface area (TPSA) is 52.6 Å². The van der Waals surface area contributed by atoms with Crippen LogP contribution in [0, 0.1) is 0 Å². The molecule has 0 aliphatic rings. The lowest BCUT2D eigenvalue weighted by Crippen LogP contribution is -2.05. The molecule has 0 amide bonds. The summed E-state index contributed by atoms with van der Waals surface area (Å²) in [6.07, 6.45) is 39.9. The van der Waals surface area contributed by atoms with Crippen LogP contribution in [0.3, 0.4) is 0 Å². The molecular weight excluding hydrogens is 508 g/mol. The van der Waals surface area contributed by atoms with E-state index in [0.717, 1.165) is 25.7 Å². The Kier molecular flexibility index (Phi) is 33.8. The zero-order valence-electron chi connectivity index (χ0n) is 27.5. The van der Waals surface area contributed by atoms with E-state index in [9.17, 15) is 9.59 Å². The van der Waals surface area contributed by atoms with Crippen LogP contribution in [0.1, 0.15) is 206 Å². The van der Waals surface area contributed by atoms with E-state index < -0.39 is 0 Å². The predicted octanol–water partition coefficient (Wildman–Crippen LogP) is 12.3. The van der Waals surface area contributed by atoms with Gasteiger partial charge in [0.25, 0.3) is 0 Å². The smallest absolute Gasteiger partial charge is 0.310 e. The van der Waals surface area contributed by atoms with Crippen molar-refractivity contribution in [2.45, 2.75) is 206 Å². The third-order valence-electron chi connectivity index (χ3n) is 8.24. The zero-order valence-corrected chi connectivity index (χ0v) is 27.5.